The van der Waals surface area contributed by atoms with E-state index in [9.17, 15) is 0 Å². The predicted octanol–water partition coefficient (Wildman–Crippen LogP) is 3.02. The molecule has 7 nitrogen and oxygen atoms in total. The Morgan fingerprint density at radius 1 is 1.22 bits per heavy atom. The van der Waals surface area contributed by atoms with Crippen LogP contribution in [0.3, 0.4) is 0 Å². The lowest BCUT2D eigenvalue weighted by atomic mass is 10.0. The van der Waals surface area contributed by atoms with Gasteiger partial charge in [0.2, 0.25) is 11.0 Å². The third kappa shape index (κ3) is 3.58. The molecular formula is C15H18N6OS. The molecule has 0 bridgehead atoms. The minimum Gasteiger partial charge on any atom is -0.338 e. The molecule has 0 atom stereocenters. The number of tetrazole rings is 1. The highest BCUT2D eigenvalue weighted by Crippen LogP contribution is 2.23. The van der Waals surface area contributed by atoms with Crippen LogP contribution in [0.25, 0.3) is 5.69 Å². The maximum atomic E-state index is 5.18. The van der Waals surface area contributed by atoms with Gasteiger partial charge >= 0.3 is 0 Å². The van der Waals surface area contributed by atoms with Gasteiger partial charge in [0.25, 0.3) is 0 Å². The Morgan fingerprint density at radius 2 is 2.00 bits per heavy atom. The fourth-order valence-corrected chi connectivity index (χ4v) is 2.78. The van der Waals surface area contributed by atoms with Gasteiger partial charge in [-0.25, -0.2) is 0 Å². The topological polar surface area (TPSA) is 82.5 Å². The lowest BCUT2D eigenvalue weighted by Gasteiger charge is -2.07. The maximum absolute atomic E-state index is 5.18. The smallest absolute Gasteiger partial charge is 0.237 e. The number of benzene rings is 1. The number of thioether (sulfide) groups is 1. The van der Waals surface area contributed by atoms with Crippen LogP contribution in [-0.2, 0) is 12.2 Å². The second kappa shape index (κ2) is 6.91. The SMILES string of the molecule is CCc1noc(CSc2nnnn2-c2ccc(C(C)C)cc2)n1. The van der Waals surface area contributed by atoms with Gasteiger partial charge in [0, 0.05) is 6.42 Å². The molecule has 0 aliphatic rings. The van der Waals surface area contributed by atoms with Crippen LogP contribution in [0.4, 0.5) is 0 Å². The Hall–Kier alpha value is -2.22. The van der Waals surface area contributed by atoms with E-state index in [0.29, 0.717) is 28.5 Å². The van der Waals surface area contributed by atoms with Crippen molar-refractivity contribution in [1.82, 2.24) is 30.3 Å². The Labute approximate surface area is 138 Å². The van der Waals surface area contributed by atoms with E-state index >= 15 is 0 Å². The summed E-state index contributed by atoms with van der Waals surface area (Å²) in [7, 11) is 0. The first-order valence-electron chi connectivity index (χ1n) is 7.50. The highest BCUT2D eigenvalue weighted by molar-refractivity contribution is 7.98. The van der Waals surface area contributed by atoms with Gasteiger partial charge in [-0.2, -0.15) is 9.67 Å². The molecule has 2 aromatic heterocycles. The van der Waals surface area contributed by atoms with Gasteiger partial charge in [-0.3, -0.25) is 0 Å². The fourth-order valence-electron chi connectivity index (χ4n) is 2.05. The molecule has 3 rings (SSSR count). The molecule has 0 aliphatic heterocycles. The van der Waals surface area contributed by atoms with Crippen molar-refractivity contribution in [3.63, 3.8) is 0 Å². The second-order valence-electron chi connectivity index (χ2n) is 5.37. The molecule has 0 amide bonds. The summed E-state index contributed by atoms with van der Waals surface area (Å²) in [6.45, 7) is 6.33. The molecule has 8 heteroatoms. The van der Waals surface area contributed by atoms with Crippen LogP contribution in [0.5, 0.6) is 0 Å². The lowest BCUT2D eigenvalue weighted by Crippen LogP contribution is -2.00. The summed E-state index contributed by atoms with van der Waals surface area (Å²) in [5, 5.41) is 16.5. The van der Waals surface area contributed by atoms with Crippen LogP contribution in [0.2, 0.25) is 0 Å². The standard InChI is InChI=1S/C15H18N6OS/c1-4-13-16-14(22-18-13)9-23-15-17-19-20-21(15)12-7-5-11(6-8-12)10(2)3/h5-8,10H,4,9H2,1-3H3. The van der Waals surface area contributed by atoms with Crippen molar-refractivity contribution in [2.75, 3.05) is 0 Å². The van der Waals surface area contributed by atoms with E-state index < -0.39 is 0 Å². The van der Waals surface area contributed by atoms with Gasteiger partial charge in [0.05, 0.1) is 11.4 Å². The van der Waals surface area contributed by atoms with Crippen molar-refractivity contribution in [3.8, 4) is 5.69 Å². The molecule has 120 valence electrons. The van der Waals surface area contributed by atoms with Crippen molar-refractivity contribution >= 4 is 11.8 Å². The van der Waals surface area contributed by atoms with Crippen molar-refractivity contribution in [2.24, 2.45) is 0 Å². The number of hydrogen-bond acceptors (Lipinski definition) is 7. The zero-order valence-corrected chi connectivity index (χ0v) is 14.1. The Kier molecular flexibility index (Phi) is 4.71. The van der Waals surface area contributed by atoms with Crippen LogP contribution in [0.15, 0.2) is 33.9 Å². The van der Waals surface area contributed by atoms with Crippen LogP contribution in [0, 0.1) is 0 Å². The van der Waals surface area contributed by atoms with Crippen molar-refractivity contribution in [1.29, 1.82) is 0 Å². The first-order chi connectivity index (χ1) is 11.2. The molecule has 0 aliphatic carbocycles. The zero-order chi connectivity index (χ0) is 16.2. The highest BCUT2D eigenvalue weighted by Gasteiger charge is 2.12. The van der Waals surface area contributed by atoms with Crippen molar-refractivity contribution < 1.29 is 4.52 Å². The highest BCUT2D eigenvalue weighted by atomic mass is 32.2. The predicted molar refractivity (Wildman–Crippen MR) is 86.5 cm³/mol. The van der Waals surface area contributed by atoms with E-state index in [1.54, 1.807) is 4.68 Å². The number of nitrogens with zero attached hydrogens (tertiary/aromatic N) is 6. The third-order valence-electron chi connectivity index (χ3n) is 3.40. The Balaban J connectivity index is 1.73. The molecule has 3 aromatic rings. The monoisotopic (exact) mass is 330 g/mol. The number of aryl methyl sites for hydroxylation is 1. The molecule has 0 fully saturated rings. The number of hydrogen-bond donors (Lipinski definition) is 0. The molecular weight excluding hydrogens is 312 g/mol. The van der Waals surface area contributed by atoms with E-state index in [4.69, 9.17) is 4.52 Å². The van der Waals surface area contributed by atoms with Gasteiger partial charge < -0.3 is 4.52 Å². The molecule has 23 heavy (non-hydrogen) atoms. The number of aromatic nitrogens is 6. The summed E-state index contributed by atoms with van der Waals surface area (Å²) in [4.78, 5) is 4.29. The third-order valence-corrected chi connectivity index (χ3v) is 4.30. The molecule has 0 unspecified atom stereocenters. The zero-order valence-electron chi connectivity index (χ0n) is 13.3. The van der Waals surface area contributed by atoms with E-state index in [1.165, 1.54) is 17.3 Å². The van der Waals surface area contributed by atoms with E-state index in [2.05, 4.69) is 51.6 Å². The van der Waals surface area contributed by atoms with Crippen LogP contribution >= 0.6 is 11.8 Å². The van der Waals surface area contributed by atoms with Crippen LogP contribution < -0.4 is 0 Å². The molecule has 2 heterocycles. The maximum Gasteiger partial charge on any atom is 0.237 e. The minimum atomic E-state index is 0.497. The summed E-state index contributed by atoms with van der Waals surface area (Å²) >= 11 is 1.47. The minimum absolute atomic E-state index is 0.497. The Morgan fingerprint density at radius 3 is 2.65 bits per heavy atom. The van der Waals surface area contributed by atoms with Crippen molar-refractivity contribution in [3.05, 3.63) is 41.5 Å². The van der Waals surface area contributed by atoms with Gasteiger partial charge in [-0.05, 0) is 34.0 Å². The van der Waals surface area contributed by atoms with Crippen LogP contribution in [-0.4, -0.2) is 30.3 Å². The first kappa shape index (κ1) is 15.7. The fraction of sp³-hybridized carbons (Fsp3) is 0.400. The van der Waals surface area contributed by atoms with E-state index in [-0.39, 0.29) is 0 Å². The second-order valence-corrected chi connectivity index (χ2v) is 6.31. The molecule has 1 aromatic carbocycles. The largest absolute Gasteiger partial charge is 0.338 e. The van der Waals surface area contributed by atoms with Crippen LogP contribution in [0.1, 0.15) is 44.0 Å². The van der Waals surface area contributed by atoms with Gasteiger partial charge in [-0.15, -0.1) is 5.10 Å². The Bertz CT molecular complexity index is 764. The number of rotatable bonds is 6. The molecule has 0 spiro atoms. The molecule has 0 N–H and O–H groups in total. The summed E-state index contributed by atoms with van der Waals surface area (Å²) < 4.78 is 6.90. The molecule has 0 radical (unpaired) electrons. The van der Waals surface area contributed by atoms with E-state index in [1.807, 2.05) is 19.1 Å². The first-order valence-corrected chi connectivity index (χ1v) is 8.49. The average molecular weight is 330 g/mol. The van der Waals surface area contributed by atoms with E-state index in [0.717, 1.165) is 12.1 Å². The van der Waals surface area contributed by atoms with Crippen molar-refractivity contribution in [2.45, 2.75) is 44.0 Å². The summed E-state index contributed by atoms with van der Waals surface area (Å²) in [6.07, 6.45) is 0.758. The molecule has 0 saturated carbocycles. The normalized spacial score (nSPS) is 11.3. The summed E-state index contributed by atoms with van der Waals surface area (Å²) in [5.41, 5.74) is 2.22. The lowest BCUT2D eigenvalue weighted by molar-refractivity contribution is 0.385. The summed E-state index contributed by atoms with van der Waals surface area (Å²) in [5.74, 6) is 2.33. The quantitative estimate of drug-likeness (QED) is 0.642. The average Bonchev–Trinajstić information content (AvgIpc) is 3.22. The molecule has 0 saturated heterocycles. The van der Waals surface area contributed by atoms with Gasteiger partial charge in [0.15, 0.2) is 5.82 Å². The van der Waals surface area contributed by atoms with Gasteiger partial charge in [0.1, 0.15) is 0 Å². The summed E-state index contributed by atoms with van der Waals surface area (Å²) in [6, 6.07) is 8.25. The van der Waals surface area contributed by atoms with Gasteiger partial charge in [-0.1, -0.05) is 49.8 Å².